The van der Waals surface area contributed by atoms with Crippen LogP contribution in [0.15, 0.2) is 79.3 Å². The van der Waals surface area contributed by atoms with E-state index in [-0.39, 0.29) is 5.78 Å². The number of Topliss-reactive ketones (excluding diaryl/α,β-unsaturated/α-hetero) is 1. The largest absolute Gasteiger partial charge is 0.369 e. The van der Waals surface area contributed by atoms with Crippen LogP contribution in [-0.2, 0) is 6.42 Å². The first kappa shape index (κ1) is 23.2. The topological polar surface area (TPSA) is 67.2 Å². The summed E-state index contributed by atoms with van der Waals surface area (Å²) < 4.78 is 1.68. The normalized spacial score (nSPS) is 14.3. The predicted octanol–water partition coefficient (Wildman–Crippen LogP) is 4.30. The van der Waals surface area contributed by atoms with Gasteiger partial charge in [-0.2, -0.15) is 5.10 Å². The van der Waals surface area contributed by atoms with Crippen LogP contribution in [0.3, 0.4) is 0 Å². The van der Waals surface area contributed by atoms with Gasteiger partial charge in [0.25, 0.3) is 5.95 Å². The molecule has 0 unspecified atom stereocenters. The lowest BCUT2D eigenvalue weighted by Crippen LogP contribution is -2.46. The summed E-state index contributed by atoms with van der Waals surface area (Å²) >= 11 is 6.15. The zero-order chi connectivity index (χ0) is 24.0. The molecule has 1 aliphatic heterocycles. The summed E-state index contributed by atoms with van der Waals surface area (Å²) in [5, 5.41) is 5.24. The van der Waals surface area contributed by atoms with Crippen molar-refractivity contribution in [2.75, 3.05) is 37.6 Å². The van der Waals surface area contributed by atoms with Gasteiger partial charge in [0.2, 0.25) is 0 Å². The molecular formula is C27H27ClN6O. The second kappa shape index (κ2) is 10.8. The number of benzene rings is 2. The van der Waals surface area contributed by atoms with E-state index in [1.807, 2.05) is 36.4 Å². The quantitative estimate of drug-likeness (QED) is 0.346. The Bertz CT molecular complexity index is 1270. The molecule has 0 atom stereocenters. The van der Waals surface area contributed by atoms with Crippen molar-refractivity contribution < 1.29 is 4.79 Å². The number of aromatic nitrogens is 4. The van der Waals surface area contributed by atoms with Crippen molar-refractivity contribution in [2.45, 2.75) is 12.8 Å². The summed E-state index contributed by atoms with van der Waals surface area (Å²) in [5.74, 6) is 0.560. The number of piperazine rings is 1. The third-order valence-electron chi connectivity index (χ3n) is 6.33. The summed E-state index contributed by atoms with van der Waals surface area (Å²) in [6, 6.07) is 19.8. The van der Waals surface area contributed by atoms with Crippen LogP contribution in [0.4, 0.5) is 5.69 Å². The van der Waals surface area contributed by atoms with Gasteiger partial charge in [0, 0.05) is 68.7 Å². The molecule has 35 heavy (non-hydrogen) atoms. The molecule has 1 saturated heterocycles. The smallest absolute Gasteiger partial charge is 0.250 e. The third-order valence-corrected chi connectivity index (χ3v) is 6.56. The highest BCUT2D eigenvalue weighted by Crippen LogP contribution is 2.22. The molecule has 0 radical (unpaired) electrons. The predicted molar refractivity (Wildman–Crippen MR) is 137 cm³/mol. The van der Waals surface area contributed by atoms with E-state index >= 15 is 0 Å². The lowest BCUT2D eigenvalue weighted by Gasteiger charge is -2.36. The van der Waals surface area contributed by atoms with Crippen LogP contribution in [0.2, 0.25) is 5.02 Å². The average molecular weight is 487 g/mol. The van der Waals surface area contributed by atoms with E-state index in [4.69, 9.17) is 11.6 Å². The maximum Gasteiger partial charge on any atom is 0.250 e. The molecule has 2 aromatic carbocycles. The number of hydrogen-bond acceptors (Lipinski definition) is 6. The van der Waals surface area contributed by atoms with Gasteiger partial charge in [-0.15, -0.1) is 0 Å². The third kappa shape index (κ3) is 5.58. The van der Waals surface area contributed by atoms with Gasteiger partial charge in [-0.1, -0.05) is 48.0 Å². The van der Waals surface area contributed by atoms with Crippen molar-refractivity contribution in [3.8, 4) is 5.95 Å². The van der Waals surface area contributed by atoms with Gasteiger partial charge in [-0.3, -0.25) is 9.69 Å². The molecule has 3 heterocycles. The van der Waals surface area contributed by atoms with Crippen LogP contribution < -0.4 is 4.90 Å². The molecule has 7 nitrogen and oxygen atoms in total. The Morgan fingerprint density at radius 2 is 1.69 bits per heavy atom. The monoisotopic (exact) mass is 486 g/mol. The minimum atomic E-state index is 0.0929. The van der Waals surface area contributed by atoms with Gasteiger partial charge in [-0.05, 0) is 29.8 Å². The van der Waals surface area contributed by atoms with Crippen LogP contribution in [0.25, 0.3) is 5.95 Å². The second-order valence-corrected chi connectivity index (χ2v) is 9.05. The number of rotatable bonds is 8. The highest BCUT2D eigenvalue weighted by Gasteiger charge is 2.22. The van der Waals surface area contributed by atoms with E-state index in [1.54, 1.807) is 29.3 Å². The summed E-state index contributed by atoms with van der Waals surface area (Å²) in [4.78, 5) is 26.7. The van der Waals surface area contributed by atoms with Gasteiger partial charge in [0.1, 0.15) is 0 Å². The number of hydrogen-bond donors (Lipinski definition) is 0. The maximum atomic E-state index is 13.3. The zero-order valence-electron chi connectivity index (χ0n) is 19.4. The van der Waals surface area contributed by atoms with Crippen LogP contribution >= 0.6 is 11.6 Å². The molecular weight excluding hydrogens is 460 g/mol. The number of carbonyl (C=O) groups excluding carboxylic acids is 1. The molecule has 1 fully saturated rings. The fourth-order valence-electron chi connectivity index (χ4n) is 4.44. The van der Waals surface area contributed by atoms with E-state index in [9.17, 15) is 4.79 Å². The second-order valence-electron chi connectivity index (χ2n) is 8.61. The Balaban J connectivity index is 1.26. The Morgan fingerprint density at radius 1 is 0.914 bits per heavy atom. The average Bonchev–Trinajstić information content (AvgIpc) is 3.32. The fourth-order valence-corrected chi connectivity index (χ4v) is 4.62. The van der Waals surface area contributed by atoms with E-state index in [0.717, 1.165) is 54.7 Å². The SMILES string of the molecule is O=C(CCN1CCN(c2cccc(Cl)c2)CC1)c1cnn(-c2ncccn2)c1Cc1ccccc1. The first-order valence-corrected chi connectivity index (χ1v) is 12.2. The Morgan fingerprint density at radius 3 is 2.43 bits per heavy atom. The number of ketones is 1. The van der Waals surface area contributed by atoms with E-state index < -0.39 is 0 Å². The Hall–Kier alpha value is -3.55. The highest BCUT2D eigenvalue weighted by atomic mass is 35.5. The van der Waals surface area contributed by atoms with Crippen molar-refractivity contribution in [2.24, 2.45) is 0 Å². The molecule has 4 aromatic rings. The number of halogens is 1. The van der Waals surface area contributed by atoms with Gasteiger partial charge in [-0.25, -0.2) is 14.6 Å². The molecule has 0 N–H and O–H groups in total. The Labute approximate surface area is 210 Å². The van der Waals surface area contributed by atoms with Crippen molar-refractivity contribution in [3.05, 3.63) is 101 Å². The van der Waals surface area contributed by atoms with Gasteiger partial charge in [0.15, 0.2) is 5.78 Å². The van der Waals surface area contributed by atoms with Crippen LogP contribution in [0, 0.1) is 0 Å². The maximum absolute atomic E-state index is 13.3. The van der Waals surface area contributed by atoms with E-state index in [2.05, 4.69) is 43.1 Å². The number of anilines is 1. The van der Waals surface area contributed by atoms with Gasteiger partial charge in [0.05, 0.1) is 17.5 Å². The first-order valence-electron chi connectivity index (χ1n) is 11.8. The molecule has 5 rings (SSSR count). The number of carbonyl (C=O) groups is 1. The minimum Gasteiger partial charge on any atom is -0.369 e. The van der Waals surface area contributed by atoms with Gasteiger partial charge < -0.3 is 4.90 Å². The fraction of sp³-hybridized carbons (Fsp3) is 0.259. The van der Waals surface area contributed by atoms with Gasteiger partial charge >= 0.3 is 0 Å². The zero-order valence-corrected chi connectivity index (χ0v) is 20.2. The molecule has 2 aromatic heterocycles. The van der Waals surface area contributed by atoms with E-state index in [1.165, 1.54) is 0 Å². The minimum absolute atomic E-state index is 0.0929. The van der Waals surface area contributed by atoms with Crippen molar-refractivity contribution in [1.82, 2.24) is 24.6 Å². The summed E-state index contributed by atoms with van der Waals surface area (Å²) in [6.07, 6.45) is 6.05. The summed E-state index contributed by atoms with van der Waals surface area (Å²) in [6.45, 7) is 4.37. The molecule has 8 heteroatoms. The molecule has 0 aliphatic carbocycles. The molecule has 0 bridgehead atoms. The van der Waals surface area contributed by atoms with Crippen LogP contribution in [0.1, 0.15) is 28.0 Å². The van der Waals surface area contributed by atoms with Crippen LogP contribution in [-0.4, -0.2) is 63.2 Å². The molecule has 0 amide bonds. The van der Waals surface area contributed by atoms with E-state index in [0.29, 0.717) is 24.4 Å². The molecule has 0 saturated carbocycles. The van der Waals surface area contributed by atoms with Crippen molar-refractivity contribution in [1.29, 1.82) is 0 Å². The molecule has 1 aliphatic rings. The lowest BCUT2D eigenvalue weighted by molar-refractivity contribution is 0.0961. The number of nitrogens with zero attached hydrogens (tertiary/aromatic N) is 6. The highest BCUT2D eigenvalue weighted by molar-refractivity contribution is 6.30. The van der Waals surface area contributed by atoms with Crippen LogP contribution in [0.5, 0.6) is 0 Å². The molecule has 178 valence electrons. The standard InChI is InChI=1S/C27H27ClN6O/c28-22-8-4-9-23(19-22)33-16-14-32(15-17-33)13-10-26(35)24-20-31-34(27-29-11-5-12-30-27)25(24)18-21-6-2-1-3-7-21/h1-9,11-12,19-20H,10,13-18H2. The summed E-state index contributed by atoms with van der Waals surface area (Å²) in [7, 11) is 0. The molecule has 0 spiro atoms. The Kier molecular flexibility index (Phi) is 7.16. The lowest BCUT2D eigenvalue weighted by atomic mass is 10.0. The first-order chi connectivity index (χ1) is 17.2. The van der Waals surface area contributed by atoms with Crippen molar-refractivity contribution >= 4 is 23.1 Å². The van der Waals surface area contributed by atoms with Crippen molar-refractivity contribution in [3.63, 3.8) is 0 Å². The summed E-state index contributed by atoms with van der Waals surface area (Å²) in [5.41, 5.74) is 3.71.